The Hall–Kier alpha value is -3.99. The molecule has 0 aliphatic rings. The maximum atomic E-state index is 13.4. The van der Waals surface area contributed by atoms with Crippen molar-refractivity contribution in [1.82, 2.24) is 20.2 Å². The van der Waals surface area contributed by atoms with Crippen LogP contribution in [0, 0.1) is 26.7 Å². The molecule has 0 radical (unpaired) electrons. The molecule has 4 aromatic rings. The van der Waals surface area contributed by atoms with Gasteiger partial charge in [-0.3, -0.25) is 9.52 Å². The Bertz CT molecular complexity index is 1590. The van der Waals surface area contributed by atoms with Crippen LogP contribution < -0.4 is 4.72 Å². The lowest BCUT2D eigenvalue weighted by Crippen LogP contribution is -2.37. The molecule has 0 spiro atoms. The number of benzene rings is 2. The molecule has 0 saturated carbocycles. The van der Waals surface area contributed by atoms with Gasteiger partial charge in [0.05, 0.1) is 4.90 Å². The van der Waals surface area contributed by atoms with E-state index in [9.17, 15) is 13.2 Å². The SMILES string of the molecule is CCCCC(=O)N(Cc1ccc(-c2ccccc2S(=O)(=O)Nc2noc(C)c2C)cc1)C(c1nc(C)no1)C(C)C. The molecule has 0 aliphatic heterocycles. The normalized spacial score (nSPS) is 12.5. The average Bonchev–Trinajstić information content (AvgIpc) is 3.51. The minimum absolute atomic E-state index is 0.0198. The van der Waals surface area contributed by atoms with Gasteiger partial charge >= 0.3 is 0 Å². The maximum absolute atomic E-state index is 13.4. The van der Waals surface area contributed by atoms with Crippen molar-refractivity contribution in [2.24, 2.45) is 5.92 Å². The number of sulfonamides is 1. The van der Waals surface area contributed by atoms with Gasteiger partial charge in [0.1, 0.15) is 11.8 Å². The van der Waals surface area contributed by atoms with E-state index in [1.165, 1.54) is 0 Å². The molecule has 1 N–H and O–H groups in total. The fourth-order valence-corrected chi connectivity index (χ4v) is 5.93. The monoisotopic (exact) mass is 579 g/mol. The van der Waals surface area contributed by atoms with Crippen LogP contribution in [0.4, 0.5) is 5.82 Å². The van der Waals surface area contributed by atoms with E-state index in [-0.39, 0.29) is 28.6 Å². The summed E-state index contributed by atoms with van der Waals surface area (Å²) in [7, 11) is -3.95. The van der Waals surface area contributed by atoms with Gasteiger partial charge in [-0.25, -0.2) is 8.42 Å². The van der Waals surface area contributed by atoms with Crippen LogP contribution in [-0.4, -0.2) is 34.5 Å². The number of unbranched alkanes of at least 4 members (excludes halogenated alkanes) is 1. The molecule has 0 saturated heterocycles. The van der Waals surface area contributed by atoms with E-state index in [4.69, 9.17) is 9.05 Å². The Kier molecular flexibility index (Phi) is 9.27. The van der Waals surface area contributed by atoms with Crippen LogP contribution in [0.15, 0.2) is 62.5 Å². The second-order valence-electron chi connectivity index (χ2n) is 10.5. The number of hydrogen-bond donors (Lipinski definition) is 1. The maximum Gasteiger partial charge on any atom is 0.263 e. The Morgan fingerprint density at radius 2 is 1.71 bits per heavy atom. The number of carbonyl (C=O) groups excluding carboxylic acids is 1. The Morgan fingerprint density at radius 3 is 2.29 bits per heavy atom. The first-order chi connectivity index (χ1) is 19.5. The summed E-state index contributed by atoms with van der Waals surface area (Å²) in [5.41, 5.74) is 2.79. The number of aryl methyl sites for hydroxylation is 2. The summed E-state index contributed by atoms with van der Waals surface area (Å²) in [6.07, 6.45) is 2.12. The third-order valence-corrected chi connectivity index (χ3v) is 8.41. The molecular weight excluding hydrogens is 542 g/mol. The molecule has 2 aromatic carbocycles. The first-order valence-electron chi connectivity index (χ1n) is 13.8. The Balaban J connectivity index is 1.63. The second kappa shape index (κ2) is 12.7. The molecule has 2 aromatic heterocycles. The molecule has 1 unspecified atom stereocenters. The van der Waals surface area contributed by atoms with Crippen LogP contribution in [0.3, 0.4) is 0 Å². The highest BCUT2D eigenvalue weighted by molar-refractivity contribution is 7.92. The number of rotatable bonds is 12. The van der Waals surface area contributed by atoms with E-state index in [1.54, 1.807) is 45.0 Å². The molecule has 0 aliphatic carbocycles. The van der Waals surface area contributed by atoms with Gasteiger partial charge in [0, 0.05) is 24.1 Å². The summed E-state index contributed by atoms with van der Waals surface area (Å²) in [5.74, 6) is 1.71. The number of hydrogen-bond acceptors (Lipinski definition) is 8. The molecule has 218 valence electrons. The van der Waals surface area contributed by atoms with Crippen LogP contribution in [0.5, 0.6) is 0 Å². The fraction of sp³-hybridized carbons (Fsp3) is 0.400. The molecule has 10 nitrogen and oxygen atoms in total. The van der Waals surface area contributed by atoms with Crippen LogP contribution in [0.2, 0.25) is 0 Å². The van der Waals surface area contributed by atoms with Crippen LogP contribution in [0.1, 0.15) is 74.7 Å². The van der Waals surface area contributed by atoms with Gasteiger partial charge in [-0.05, 0) is 50.3 Å². The smallest absolute Gasteiger partial charge is 0.263 e. The molecule has 11 heteroatoms. The molecular formula is C30H37N5O5S. The largest absolute Gasteiger partial charge is 0.359 e. The van der Waals surface area contributed by atoms with E-state index in [0.717, 1.165) is 24.0 Å². The summed E-state index contributed by atoms with van der Waals surface area (Å²) in [5, 5.41) is 7.79. The van der Waals surface area contributed by atoms with Crippen molar-refractivity contribution in [1.29, 1.82) is 0 Å². The van der Waals surface area contributed by atoms with Gasteiger partial charge in [0.2, 0.25) is 11.8 Å². The van der Waals surface area contributed by atoms with Crippen LogP contribution in [0.25, 0.3) is 11.1 Å². The number of amides is 1. The zero-order chi connectivity index (χ0) is 29.7. The van der Waals surface area contributed by atoms with E-state index in [2.05, 4.69) is 26.9 Å². The minimum Gasteiger partial charge on any atom is -0.359 e. The summed E-state index contributed by atoms with van der Waals surface area (Å²) < 4.78 is 39.9. The minimum atomic E-state index is -3.95. The average molecular weight is 580 g/mol. The van der Waals surface area contributed by atoms with E-state index in [1.807, 2.05) is 43.0 Å². The molecule has 1 amide bonds. The predicted molar refractivity (Wildman–Crippen MR) is 155 cm³/mol. The molecule has 0 fully saturated rings. The molecule has 1 atom stereocenters. The highest BCUT2D eigenvalue weighted by Gasteiger charge is 2.32. The van der Waals surface area contributed by atoms with Crippen LogP contribution in [-0.2, 0) is 21.4 Å². The lowest BCUT2D eigenvalue weighted by atomic mass is 9.99. The van der Waals surface area contributed by atoms with Crippen molar-refractivity contribution in [2.45, 2.75) is 78.3 Å². The van der Waals surface area contributed by atoms with Gasteiger partial charge in [-0.15, -0.1) is 0 Å². The van der Waals surface area contributed by atoms with Crippen molar-refractivity contribution in [2.75, 3.05) is 4.72 Å². The quantitative estimate of drug-likeness (QED) is 0.205. The zero-order valence-electron chi connectivity index (χ0n) is 24.3. The standard InChI is InChI=1S/C30H37N5O5S/c1-7-8-13-27(36)35(28(19(2)3)30-31-22(6)32-40-30)18-23-14-16-24(17-15-23)25-11-9-10-12-26(25)41(37,38)34-29-20(4)21(5)39-33-29/h9-12,14-17,19,28H,7-8,13,18H2,1-6H3,(H,33,34). The second-order valence-corrected chi connectivity index (χ2v) is 12.2. The van der Waals surface area contributed by atoms with Crippen LogP contribution >= 0.6 is 0 Å². The molecule has 0 bridgehead atoms. The molecule has 2 heterocycles. The highest BCUT2D eigenvalue weighted by atomic mass is 32.2. The number of anilines is 1. The fourth-order valence-electron chi connectivity index (χ4n) is 4.65. The Labute approximate surface area is 241 Å². The van der Waals surface area contributed by atoms with Gasteiger partial charge < -0.3 is 13.9 Å². The summed E-state index contributed by atoms with van der Waals surface area (Å²) in [6.45, 7) is 11.7. The molecule has 41 heavy (non-hydrogen) atoms. The van der Waals surface area contributed by atoms with Gasteiger partial charge in [0.15, 0.2) is 11.6 Å². The van der Waals surface area contributed by atoms with E-state index in [0.29, 0.717) is 41.6 Å². The van der Waals surface area contributed by atoms with Crippen molar-refractivity contribution in [3.05, 3.63) is 77.1 Å². The van der Waals surface area contributed by atoms with Gasteiger partial charge in [0.25, 0.3) is 10.0 Å². The number of carbonyl (C=O) groups is 1. The first kappa shape index (κ1) is 30.0. The number of nitrogens with one attached hydrogen (secondary N) is 1. The zero-order valence-corrected chi connectivity index (χ0v) is 25.2. The van der Waals surface area contributed by atoms with E-state index >= 15 is 0 Å². The summed E-state index contributed by atoms with van der Waals surface area (Å²) >= 11 is 0. The third-order valence-electron chi connectivity index (χ3n) is 7.01. The Morgan fingerprint density at radius 1 is 1.00 bits per heavy atom. The van der Waals surface area contributed by atoms with Crippen molar-refractivity contribution in [3.63, 3.8) is 0 Å². The van der Waals surface area contributed by atoms with Gasteiger partial charge in [-0.2, -0.15) is 4.98 Å². The topological polar surface area (TPSA) is 131 Å². The van der Waals surface area contributed by atoms with Gasteiger partial charge in [-0.1, -0.05) is 80.0 Å². The third kappa shape index (κ3) is 6.84. The molecule has 4 rings (SSSR count). The highest BCUT2D eigenvalue weighted by Crippen LogP contribution is 2.32. The van der Waals surface area contributed by atoms with Crippen molar-refractivity contribution in [3.8, 4) is 11.1 Å². The lowest BCUT2D eigenvalue weighted by molar-refractivity contribution is -0.136. The van der Waals surface area contributed by atoms with E-state index < -0.39 is 10.0 Å². The first-order valence-corrected chi connectivity index (χ1v) is 15.2. The van der Waals surface area contributed by atoms with Crippen molar-refractivity contribution < 1.29 is 22.3 Å². The number of aromatic nitrogens is 3. The van der Waals surface area contributed by atoms with Crippen molar-refractivity contribution >= 4 is 21.7 Å². The lowest BCUT2D eigenvalue weighted by Gasteiger charge is -2.32. The number of nitrogens with zero attached hydrogens (tertiary/aromatic N) is 4. The predicted octanol–water partition coefficient (Wildman–Crippen LogP) is 6.37. The summed E-state index contributed by atoms with van der Waals surface area (Å²) in [4.78, 5) is 19.8. The summed E-state index contributed by atoms with van der Waals surface area (Å²) in [6, 6.07) is 14.0.